The predicted molar refractivity (Wildman–Crippen MR) is 83.7 cm³/mol. The lowest BCUT2D eigenvalue weighted by atomic mass is 10.1. The van der Waals surface area contributed by atoms with Crippen molar-refractivity contribution >= 4 is 0 Å². The van der Waals surface area contributed by atoms with E-state index in [-0.39, 0.29) is 5.82 Å². The summed E-state index contributed by atoms with van der Waals surface area (Å²) in [4.78, 5) is 0. The number of ether oxygens (including phenoxy) is 1. The molecule has 1 N–H and O–H groups in total. The predicted octanol–water partition coefficient (Wildman–Crippen LogP) is 4.15. The van der Waals surface area contributed by atoms with Gasteiger partial charge in [0.1, 0.15) is 18.2 Å². The Kier molecular flexibility index (Phi) is 5.76. The Labute approximate surface area is 126 Å². The molecule has 0 aliphatic carbocycles. The van der Waals surface area contributed by atoms with Crippen LogP contribution in [-0.4, -0.2) is 6.54 Å². The van der Waals surface area contributed by atoms with Crippen molar-refractivity contribution in [2.75, 3.05) is 6.54 Å². The summed E-state index contributed by atoms with van der Waals surface area (Å²) in [5, 5.41) is 3.41. The van der Waals surface area contributed by atoms with E-state index in [1.165, 1.54) is 12.1 Å². The van der Waals surface area contributed by atoms with E-state index in [1.54, 1.807) is 6.07 Å². The molecule has 2 nitrogen and oxygen atoms in total. The molecule has 0 fully saturated rings. The first kappa shape index (κ1) is 15.5. The zero-order valence-electron chi connectivity index (χ0n) is 12.6. The van der Waals surface area contributed by atoms with Gasteiger partial charge in [0.05, 0.1) is 0 Å². The maximum absolute atomic E-state index is 13.1. The van der Waals surface area contributed by atoms with Crippen molar-refractivity contribution in [2.45, 2.75) is 27.0 Å². The lowest BCUT2D eigenvalue weighted by Gasteiger charge is -2.13. The Balaban J connectivity index is 1.96. The van der Waals surface area contributed by atoms with E-state index in [2.05, 4.69) is 19.2 Å². The van der Waals surface area contributed by atoms with Crippen LogP contribution in [-0.2, 0) is 13.2 Å². The molecule has 2 aromatic rings. The molecule has 0 saturated heterocycles. The highest BCUT2D eigenvalue weighted by Gasteiger charge is 2.04. The molecule has 0 amide bonds. The molecule has 2 aromatic carbocycles. The molecule has 0 bridgehead atoms. The van der Waals surface area contributed by atoms with Crippen molar-refractivity contribution in [3.8, 4) is 5.75 Å². The summed E-state index contributed by atoms with van der Waals surface area (Å²) in [6, 6.07) is 14.5. The quantitative estimate of drug-likeness (QED) is 0.826. The third kappa shape index (κ3) is 5.20. The third-order valence-electron chi connectivity index (χ3n) is 3.12. The zero-order valence-corrected chi connectivity index (χ0v) is 12.6. The van der Waals surface area contributed by atoms with Crippen LogP contribution in [0.4, 0.5) is 4.39 Å². The van der Waals surface area contributed by atoms with E-state index in [0.717, 1.165) is 30.0 Å². The first-order valence-corrected chi connectivity index (χ1v) is 7.31. The molecule has 0 aromatic heterocycles. The minimum atomic E-state index is -0.233. The summed E-state index contributed by atoms with van der Waals surface area (Å²) >= 11 is 0. The van der Waals surface area contributed by atoms with Gasteiger partial charge >= 0.3 is 0 Å². The normalized spacial score (nSPS) is 10.9. The second-order valence-electron chi connectivity index (χ2n) is 5.55. The van der Waals surface area contributed by atoms with Gasteiger partial charge in [0.25, 0.3) is 0 Å². The van der Waals surface area contributed by atoms with Gasteiger partial charge in [-0.15, -0.1) is 0 Å². The lowest BCUT2D eigenvalue weighted by Crippen LogP contribution is -2.19. The Morgan fingerprint density at radius 3 is 2.67 bits per heavy atom. The van der Waals surface area contributed by atoms with Crippen LogP contribution in [0.1, 0.15) is 25.0 Å². The van der Waals surface area contributed by atoms with Crippen molar-refractivity contribution < 1.29 is 9.13 Å². The van der Waals surface area contributed by atoms with E-state index in [0.29, 0.717) is 12.5 Å². The molecule has 0 spiro atoms. The second-order valence-corrected chi connectivity index (χ2v) is 5.55. The lowest BCUT2D eigenvalue weighted by molar-refractivity contribution is 0.301. The molecule has 0 heterocycles. The summed E-state index contributed by atoms with van der Waals surface area (Å²) in [6.45, 7) is 6.48. The first-order chi connectivity index (χ1) is 10.1. The molecule has 0 aliphatic rings. The van der Waals surface area contributed by atoms with Crippen LogP contribution in [0.25, 0.3) is 0 Å². The fourth-order valence-corrected chi connectivity index (χ4v) is 2.07. The Morgan fingerprint density at radius 1 is 1.10 bits per heavy atom. The summed E-state index contributed by atoms with van der Waals surface area (Å²) in [6.07, 6.45) is 0. The van der Waals surface area contributed by atoms with E-state index in [4.69, 9.17) is 4.74 Å². The van der Waals surface area contributed by atoms with Gasteiger partial charge in [-0.1, -0.05) is 44.2 Å². The number of hydrogen-bond donors (Lipinski definition) is 1. The van der Waals surface area contributed by atoms with Gasteiger partial charge < -0.3 is 10.1 Å². The molecule has 0 saturated carbocycles. The summed E-state index contributed by atoms with van der Waals surface area (Å²) in [5.74, 6) is 1.23. The number of rotatable bonds is 7. The highest BCUT2D eigenvalue weighted by atomic mass is 19.1. The highest BCUT2D eigenvalue weighted by molar-refractivity contribution is 5.33. The molecule has 2 rings (SSSR count). The highest BCUT2D eigenvalue weighted by Crippen LogP contribution is 2.19. The Hall–Kier alpha value is -1.87. The maximum Gasteiger partial charge on any atom is 0.124 e. The van der Waals surface area contributed by atoms with Crippen molar-refractivity contribution in [1.29, 1.82) is 0 Å². The number of nitrogens with one attached hydrogen (secondary N) is 1. The SMILES string of the molecule is CC(C)CNCc1ccccc1OCc1cccc(F)c1. The Morgan fingerprint density at radius 2 is 1.90 bits per heavy atom. The molecule has 0 atom stereocenters. The van der Waals surface area contributed by atoms with Gasteiger partial charge in [0, 0.05) is 12.1 Å². The fraction of sp³-hybridized carbons (Fsp3) is 0.333. The van der Waals surface area contributed by atoms with Crippen LogP contribution in [0.2, 0.25) is 0 Å². The molecule has 0 aliphatic heterocycles. The minimum Gasteiger partial charge on any atom is -0.489 e. The van der Waals surface area contributed by atoms with Crippen LogP contribution in [0.15, 0.2) is 48.5 Å². The largest absolute Gasteiger partial charge is 0.489 e. The Bertz CT molecular complexity index is 569. The van der Waals surface area contributed by atoms with E-state index in [1.807, 2.05) is 30.3 Å². The van der Waals surface area contributed by atoms with Crippen LogP contribution in [0.5, 0.6) is 5.75 Å². The number of benzene rings is 2. The van der Waals surface area contributed by atoms with Gasteiger partial charge in [0.2, 0.25) is 0 Å². The molecule has 0 radical (unpaired) electrons. The van der Waals surface area contributed by atoms with Gasteiger partial charge in [-0.05, 0) is 36.2 Å². The first-order valence-electron chi connectivity index (χ1n) is 7.31. The average Bonchev–Trinajstić information content (AvgIpc) is 2.46. The van der Waals surface area contributed by atoms with Gasteiger partial charge in [-0.3, -0.25) is 0 Å². The monoisotopic (exact) mass is 287 g/mol. The summed E-state index contributed by atoms with van der Waals surface area (Å²) in [5.41, 5.74) is 1.95. The van der Waals surface area contributed by atoms with E-state index in [9.17, 15) is 4.39 Å². The van der Waals surface area contributed by atoms with E-state index < -0.39 is 0 Å². The van der Waals surface area contributed by atoms with Crippen molar-refractivity contribution in [3.05, 3.63) is 65.5 Å². The second kappa shape index (κ2) is 7.79. The standard InChI is InChI=1S/C18H22FNO/c1-14(2)11-20-12-16-7-3-4-9-18(16)21-13-15-6-5-8-17(19)10-15/h3-10,14,20H,11-13H2,1-2H3. The number of hydrogen-bond acceptors (Lipinski definition) is 2. The summed E-state index contributed by atoms with van der Waals surface area (Å²) < 4.78 is 19.0. The van der Waals surface area contributed by atoms with Crippen LogP contribution >= 0.6 is 0 Å². The molecule has 3 heteroatoms. The maximum atomic E-state index is 13.1. The van der Waals surface area contributed by atoms with Crippen molar-refractivity contribution in [2.24, 2.45) is 5.92 Å². The zero-order chi connectivity index (χ0) is 15.1. The average molecular weight is 287 g/mol. The van der Waals surface area contributed by atoms with Gasteiger partial charge in [-0.2, -0.15) is 0 Å². The molecular formula is C18H22FNO. The van der Waals surface area contributed by atoms with Crippen molar-refractivity contribution in [1.82, 2.24) is 5.32 Å². The van der Waals surface area contributed by atoms with Crippen LogP contribution < -0.4 is 10.1 Å². The number of halogens is 1. The fourth-order valence-electron chi connectivity index (χ4n) is 2.07. The summed E-state index contributed by atoms with van der Waals surface area (Å²) in [7, 11) is 0. The van der Waals surface area contributed by atoms with Gasteiger partial charge in [0.15, 0.2) is 0 Å². The van der Waals surface area contributed by atoms with Crippen LogP contribution in [0.3, 0.4) is 0 Å². The smallest absolute Gasteiger partial charge is 0.124 e. The third-order valence-corrected chi connectivity index (χ3v) is 3.12. The molecule has 21 heavy (non-hydrogen) atoms. The number of para-hydroxylation sites is 1. The van der Waals surface area contributed by atoms with Crippen LogP contribution in [0, 0.1) is 11.7 Å². The molecule has 0 unspecified atom stereocenters. The van der Waals surface area contributed by atoms with Crippen molar-refractivity contribution in [3.63, 3.8) is 0 Å². The minimum absolute atomic E-state index is 0.233. The topological polar surface area (TPSA) is 21.3 Å². The molecule has 112 valence electrons. The molecular weight excluding hydrogens is 265 g/mol. The van der Waals surface area contributed by atoms with E-state index >= 15 is 0 Å². The van der Waals surface area contributed by atoms with Gasteiger partial charge in [-0.25, -0.2) is 4.39 Å².